The number of benzene rings is 1. The summed E-state index contributed by atoms with van der Waals surface area (Å²) in [7, 11) is 0. The second kappa shape index (κ2) is 5.14. The fraction of sp³-hybridized carbons (Fsp3) is 0.0909. The maximum Gasteiger partial charge on any atom is 0.151 e. The molecule has 0 saturated heterocycles. The molecule has 0 aliphatic carbocycles. The van der Waals surface area contributed by atoms with Crippen molar-refractivity contribution in [1.29, 1.82) is 0 Å². The molecule has 1 heterocycles. The molecule has 0 N–H and O–H groups in total. The molecule has 1 aromatic carbocycles. The number of aromatic nitrogens is 2. The summed E-state index contributed by atoms with van der Waals surface area (Å²) in [6.07, 6.45) is 0. The molecule has 0 unspecified atom stereocenters. The van der Waals surface area contributed by atoms with Gasteiger partial charge in [0.05, 0.1) is 5.02 Å². The van der Waals surface area contributed by atoms with E-state index in [0.29, 0.717) is 28.2 Å². The molecule has 0 fully saturated rings. The largest absolute Gasteiger partial charge is 0.486 e. The Labute approximate surface area is 103 Å². The highest BCUT2D eigenvalue weighted by Crippen LogP contribution is 2.23. The summed E-state index contributed by atoms with van der Waals surface area (Å²) < 4.78 is 5.49. The molecule has 2 aromatic rings. The number of hydrogen-bond donors (Lipinski definition) is 0. The first kappa shape index (κ1) is 11.2. The van der Waals surface area contributed by atoms with Crippen molar-refractivity contribution in [3.63, 3.8) is 0 Å². The predicted molar refractivity (Wildman–Crippen MR) is 62.8 cm³/mol. The molecule has 0 aliphatic rings. The van der Waals surface area contributed by atoms with Crippen LogP contribution in [0.1, 0.15) is 5.69 Å². The van der Waals surface area contributed by atoms with Gasteiger partial charge >= 0.3 is 0 Å². The summed E-state index contributed by atoms with van der Waals surface area (Å²) in [5.74, 6) is 0.626. The van der Waals surface area contributed by atoms with Crippen LogP contribution < -0.4 is 4.74 Å². The number of halogens is 2. The predicted octanol–water partition coefficient (Wildman–Crippen LogP) is 3.36. The quantitative estimate of drug-likeness (QED) is 0.843. The van der Waals surface area contributed by atoms with Gasteiger partial charge < -0.3 is 4.74 Å². The second-order valence-electron chi connectivity index (χ2n) is 3.07. The first-order chi connectivity index (χ1) is 7.75. The van der Waals surface area contributed by atoms with E-state index in [1.54, 1.807) is 24.3 Å². The molecule has 1 aromatic heterocycles. The average Bonchev–Trinajstić information content (AvgIpc) is 2.30. The lowest BCUT2D eigenvalue weighted by Gasteiger charge is -2.06. The highest BCUT2D eigenvalue weighted by Gasteiger charge is 2.01. The maximum absolute atomic E-state index is 5.93. The third kappa shape index (κ3) is 2.84. The van der Waals surface area contributed by atoms with Crippen molar-refractivity contribution in [3.8, 4) is 5.75 Å². The van der Waals surface area contributed by atoms with E-state index in [-0.39, 0.29) is 0 Å². The summed E-state index contributed by atoms with van der Waals surface area (Å²) in [4.78, 5) is 0. The third-order valence-corrected chi connectivity index (χ3v) is 2.41. The van der Waals surface area contributed by atoms with Gasteiger partial charge in [0.15, 0.2) is 5.15 Å². The molecule has 0 spiro atoms. The van der Waals surface area contributed by atoms with Gasteiger partial charge in [-0.3, -0.25) is 0 Å². The smallest absolute Gasteiger partial charge is 0.151 e. The van der Waals surface area contributed by atoms with E-state index in [1.165, 1.54) is 0 Å². The Morgan fingerprint density at radius 1 is 1.00 bits per heavy atom. The Balaban J connectivity index is 2.02. The van der Waals surface area contributed by atoms with Gasteiger partial charge in [-0.25, -0.2) is 0 Å². The molecule has 0 amide bonds. The number of nitrogens with zero attached hydrogens (tertiary/aromatic N) is 2. The minimum Gasteiger partial charge on any atom is -0.486 e. The zero-order valence-corrected chi connectivity index (χ0v) is 9.74. The summed E-state index contributed by atoms with van der Waals surface area (Å²) in [5.41, 5.74) is 0.698. The zero-order chi connectivity index (χ0) is 11.4. The van der Waals surface area contributed by atoms with Gasteiger partial charge in [-0.1, -0.05) is 35.3 Å². The number of hydrogen-bond acceptors (Lipinski definition) is 3. The number of para-hydroxylation sites is 1. The Bertz CT molecular complexity index is 474. The molecule has 0 saturated carbocycles. The van der Waals surface area contributed by atoms with Gasteiger partial charge in [-0.2, -0.15) is 5.10 Å². The van der Waals surface area contributed by atoms with Crippen LogP contribution in [-0.2, 0) is 6.61 Å². The Morgan fingerprint density at radius 3 is 2.50 bits per heavy atom. The van der Waals surface area contributed by atoms with Crippen molar-refractivity contribution >= 4 is 23.2 Å². The van der Waals surface area contributed by atoms with Gasteiger partial charge in [0, 0.05) is 0 Å². The van der Waals surface area contributed by atoms with Crippen molar-refractivity contribution in [2.75, 3.05) is 0 Å². The zero-order valence-electron chi connectivity index (χ0n) is 8.23. The van der Waals surface area contributed by atoms with E-state index in [4.69, 9.17) is 27.9 Å². The Morgan fingerprint density at radius 2 is 1.81 bits per heavy atom. The lowest BCUT2D eigenvalue weighted by atomic mass is 10.3. The monoisotopic (exact) mass is 254 g/mol. The van der Waals surface area contributed by atoms with E-state index < -0.39 is 0 Å². The minimum atomic E-state index is 0.313. The van der Waals surface area contributed by atoms with Crippen LogP contribution in [0.4, 0.5) is 0 Å². The number of ether oxygens (including phenoxy) is 1. The van der Waals surface area contributed by atoms with Crippen LogP contribution in [0.2, 0.25) is 10.2 Å². The average molecular weight is 255 g/mol. The minimum absolute atomic E-state index is 0.313. The van der Waals surface area contributed by atoms with E-state index in [2.05, 4.69) is 10.2 Å². The van der Waals surface area contributed by atoms with Crippen LogP contribution >= 0.6 is 23.2 Å². The van der Waals surface area contributed by atoms with E-state index in [9.17, 15) is 0 Å². The van der Waals surface area contributed by atoms with Gasteiger partial charge in [0.1, 0.15) is 18.1 Å². The normalized spacial score (nSPS) is 10.1. The van der Waals surface area contributed by atoms with Crippen molar-refractivity contribution < 1.29 is 4.74 Å². The first-order valence-corrected chi connectivity index (χ1v) is 5.37. The second-order valence-corrected chi connectivity index (χ2v) is 3.86. The van der Waals surface area contributed by atoms with Gasteiger partial charge in [0.25, 0.3) is 0 Å². The maximum atomic E-state index is 5.93. The molecule has 16 heavy (non-hydrogen) atoms. The fourth-order valence-electron chi connectivity index (χ4n) is 1.13. The third-order valence-electron chi connectivity index (χ3n) is 1.90. The molecule has 0 atom stereocenters. The number of rotatable bonds is 3. The van der Waals surface area contributed by atoms with E-state index in [1.807, 2.05) is 12.1 Å². The summed E-state index contributed by atoms with van der Waals surface area (Å²) in [6, 6.07) is 10.7. The first-order valence-electron chi connectivity index (χ1n) is 4.61. The fourth-order valence-corrected chi connectivity index (χ4v) is 1.43. The Kier molecular flexibility index (Phi) is 3.59. The highest BCUT2D eigenvalue weighted by atomic mass is 35.5. The van der Waals surface area contributed by atoms with Crippen LogP contribution in [0.15, 0.2) is 36.4 Å². The molecule has 0 aliphatic heterocycles. The molecule has 3 nitrogen and oxygen atoms in total. The summed E-state index contributed by atoms with van der Waals surface area (Å²) in [5, 5.41) is 8.53. The lowest BCUT2D eigenvalue weighted by Crippen LogP contribution is -1.99. The molecule has 5 heteroatoms. The van der Waals surface area contributed by atoms with Crippen molar-refractivity contribution in [1.82, 2.24) is 10.2 Å². The molecular weight excluding hydrogens is 247 g/mol. The van der Waals surface area contributed by atoms with Gasteiger partial charge in [-0.05, 0) is 24.3 Å². The highest BCUT2D eigenvalue weighted by molar-refractivity contribution is 6.32. The van der Waals surface area contributed by atoms with Gasteiger partial charge in [0.2, 0.25) is 0 Å². The molecule has 2 rings (SSSR count). The molecule has 0 radical (unpaired) electrons. The SMILES string of the molecule is Clc1ccc(COc2ccccc2Cl)nn1. The van der Waals surface area contributed by atoms with Crippen LogP contribution in [0, 0.1) is 0 Å². The van der Waals surface area contributed by atoms with Crippen LogP contribution in [0.25, 0.3) is 0 Å². The summed E-state index contributed by atoms with van der Waals surface area (Å²) >= 11 is 11.6. The Hall–Kier alpha value is -1.32. The summed E-state index contributed by atoms with van der Waals surface area (Å²) in [6.45, 7) is 0.313. The van der Waals surface area contributed by atoms with E-state index in [0.717, 1.165) is 0 Å². The molecular formula is C11H8Cl2N2O. The molecule has 0 bridgehead atoms. The standard InChI is InChI=1S/C11H8Cl2N2O/c12-9-3-1-2-4-10(9)16-7-8-5-6-11(13)15-14-8/h1-6H,7H2. The van der Waals surface area contributed by atoms with E-state index >= 15 is 0 Å². The van der Waals surface area contributed by atoms with Crippen LogP contribution in [0.5, 0.6) is 5.75 Å². The van der Waals surface area contributed by atoms with Crippen molar-refractivity contribution in [2.45, 2.75) is 6.61 Å². The lowest BCUT2D eigenvalue weighted by molar-refractivity contribution is 0.300. The van der Waals surface area contributed by atoms with Crippen molar-refractivity contribution in [2.24, 2.45) is 0 Å². The topological polar surface area (TPSA) is 35.0 Å². The molecule has 82 valence electrons. The van der Waals surface area contributed by atoms with Crippen LogP contribution in [-0.4, -0.2) is 10.2 Å². The van der Waals surface area contributed by atoms with Crippen molar-refractivity contribution in [3.05, 3.63) is 52.3 Å². The van der Waals surface area contributed by atoms with Gasteiger partial charge in [-0.15, -0.1) is 5.10 Å². The van der Waals surface area contributed by atoms with Crippen LogP contribution in [0.3, 0.4) is 0 Å².